The Labute approximate surface area is 104 Å². The Kier molecular flexibility index (Phi) is 6.52. The minimum Gasteiger partial charge on any atom is -0.465 e. The Balaban J connectivity index is 2.15. The summed E-state index contributed by atoms with van der Waals surface area (Å²) < 4.78 is 5.15. The van der Waals surface area contributed by atoms with E-state index in [9.17, 15) is 4.79 Å². The van der Waals surface area contributed by atoms with Crippen molar-refractivity contribution in [1.29, 1.82) is 0 Å². The fourth-order valence-electron chi connectivity index (χ4n) is 2.20. The van der Waals surface area contributed by atoms with E-state index < -0.39 is 0 Å². The maximum Gasteiger partial charge on any atom is 0.320 e. The third-order valence-electron chi connectivity index (χ3n) is 3.49. The molecule has 0 aromatic rings. The zero-order chi connectivity index (χ0) is 12.7. The number of hydrogen-bond donors (Lipinski definition) is 1. The predicted octanol–water partition coefficient (Wildman–Crippen LogP) is 1.39. The molecule has 1 unspecified atom stereocenters. The van der Waals surface area contributed by atoms with Crippen molar-refractivity contribution in [2.45, 2.75) is 45.6 Å². The number of nitrogens with two attached hydrogens (primary N) is 1. The maximum atomic E-state index is 11.5. The van der Waals surface area contributed by atoms with Crippen molar-refractivity contribution in [2.75, 3.05) is 26.2 Å². The molecule has 0 aliphatic carbocycles. The molecule has 17 heavy (non-hydrogen) atoms. The van der Waals surface area contributed by atoms with Crippen molar-refractivity contribution in [3.8, 4) is 0 Å². The van der Waals surface area contributed by atoms with Gasteiger partial charge in [0.15, 0.2) is 0 Å². The molecule has 1 saturated heterocycles. The number of unbranched alkanes of at least 4 members (excludes halogenated alkanes) is 1. The molecule has 2 N–H and O–H groups in total. The molecule has 4 nitrogen and oxygen atoms in total. The summed E-state index contributed by atoms with van der Waals surface area (Å²) in [5.41, 5.74) is 5.88. The lowest BCUT2D eigenvalue weighted by Gasteiger charge is -2.32. The molecule has 0 spiro atoms. The summed E-state index contributed by atoms with van der Waals surface area (Å²) in [6.07, 6.45) is 4.21. The highest BCUT2D eigenvalue weighted by Crippen LogP contribution is 2.19. The quantitative estimate of drug-likeness (QED) is 0.565. The second-order valence-corrected chi connectivity index (χ2v) is 5.05. The van der Waals surface area contributed by atoms with Gasteiger partial charge in [-0.3, -0.25) is 9.69 Å². The zero-order valence-electron chi connectivity index (χ0n) is 11.2. The Bertz CT molecular complexity index is 223. The van der Waals surface area contributed by atoms with E-state index in [1.54, 1.807) is 0 Å². The molecule has 0 saturated carbocycles. The van der Waals surface area contributed by atoms with Crippen molar-refractivity contribution in [3.05, 3.63) is 0 Å². The van der Waals surface area contributed by atoms with Crippen LogP contribution < -0.4 is 5.73 Å². The van der Waals surface area contributed by atoms with Crippen LogP contribution in [0.4, 0.5) is 0 Å². The van der Waals surface area contributed by atoms with E-state index in [1.807, 2.05) is 0 Å². The van der Waals surface area contributed by atoms with Gasteiger partial charge in [0.05, 0.1) is 13.2 Å². The van der Waals surface area contributed by atoms with Gasteiger partial charge in [0.2, 0.25) is 0 Å². The Hall–Kier alpha value is -0.610. The molecular formula is C13H26N2O2. The molecule has 1 aliphatic rings. The number of esters is 1. The van der Waals surface area contributed by atoms with Crippen LogP contribution in [0, 0.1) is 5.92 Å². The van der Waals surface area contributed by atoms with Gasteiger partial charge in [-0.25, -0.2) is 0 Å². The molecule has 1 fully saturated rings. The molecule has 1 heterocycles. The first-order valence-corrected chi connectivity index (χ1v) is 6.77. The minimum atomic E-state index is -0.0855. The van der Waals surface area contributed by atoms with Gasteiger partial charge in [-0.05, 0) is 45.2 Å². The van der Waals surface area contributed by atoms with Crippen molar-refractivity contribution in [1.82, 2.24) is 4.90 Å². The first-order valence-electron chi connectivity index (χ1n) is 6.77. The van der Waals surface area contributed by atoms with Gasteiger partial charge in [0.25, 0.3) is 0 Å². The highest BCUT2D eigenvalue weighted by molar-refractivity contribution is 5.71. The molecule has 1 rings (SSSR count). The zero-order valence-corrected chi connectivity index (χ0v) is 11.2. The monoisotopic (exact) mass is 242 g/mol. The SMILES string of the molecule is CCCCOC(=O)CN1CCC(C(C)N)CC1. The normalized spacial score (nSPS) is 20.2. The minimum absolute atomic E-state index is 0.0855. The number of nitrogens with zero attached hydrogens (tertiary/aromatic N) is 1. The predicted molar refractivity (Wildman–Crippen MR) is 68.7 cm³/mol. The largest absolute Gasteiger partial charge is 0.465 e. The summed E-state index contributed by atoms with van der Waals surface area (Å²) in [7, 11) is 0. The molecule has 100 valence electrons. The van der Waals surface area contributed by atoms with Gasteiger partial charge >= 0.3 is 5.97 Å². The number of rotatable bonds is 6. The number of piperidine rings is 1. The van der Waals surface area contributed by atoms with Crippen LogP contribution >= 0.6 is 0 Å². The average molecular weight is 242 g/mol. The molecule has 0 bridgehead atoms. The fraction of sp³-hybridized carbons (Fsp3) is 0.923. The van der Waals surface area contributed by atoms with E-state index in [0.29, 0.717) is 19.1 Å². The second-order valence-electron chi connectivity index (χ2n) is 5.05. The van der Waals surface area contributed by atoms with Crippen LogP contribution in [0.2, 0.25) is 0 Å². The fourth-order valence-corrected chi connectivity index (χ4v) is 2.20. The van der Waals surface area contributed by atoms with Crippen LogP contribution in [-0.2, 0) is 9.53 Å². The van der Waals surface area contributed by atoms with Crippen LogP contribution in [0.15, 0.2) is 0 Å². The molecule has 1 atom stereocenters. The first-order chi connectivity index (χ1) is 8.13. The van der Waals surface area contributed by atoms with E-state index in [2.05, 4.69) is 18.7 Å². The topological polar surface area (TPSA) is 55.6 Å². The first kappa shape index (κ1) is 14.5. The number of likely N-dealkylation sites (tertiary alicyclic amines) is 1. The standard InChI is InChI=1S/C13H26N2O2/c1-3-4-9-17-13(16)10-15-7-5-12(6-8-15)11(2)14/h11-12H,3-10,14H2,1-2H3. The van der Waals surface area contributed by atoms with Crippen LogP contribution in [-0.4, -0.2) is 43.2 Å². The lowest BCUT2D eigenvalue weighted by molar-refractivity contribution is -0.145. The number of carbonyl (C=O) groups excluding carboxylic acids is 1. The van der Waals surface area contributed by atoms with Gasteiger partial charge in [0, 0.05) is 6.04 Å². The Morgan fingerprint density at radius 2 is 2.12 bits per heavy atom. The van der Waals surface area contributed by atoms with E-state index in [-0.39, 0.29) is 12.0 Å². The van der Waals surface area contributed by atoms with E-state index >= 15 is 0 Å². The van der Waals surface area contributed by atoms with Crippen molar-refractivity contribution in [2.24, 2.45) is 11.7 Å². The summed E-state index contributed by atoms with van der Waals surface area (Å²) >= 11 is 0. The Morgan fingerprint density at radius 3 is 2.65 bits per heavy atom. The molecule has 0 amide bonds. The molecule has 1 aliphatic heterocycles. The van der Waals surface area contributed by atoms with Gasteiger partial charge in [-0.2, -0.15) is 0 Å². The smallest absolute Gasteiger partial charge is 0.320 e. The van der Waals surface area contributed by atoms with Crippen LogP contribution in [0.5, 0.6) is 0 Å². The summed E-state index contributed by atoms with van der Waals surface area (Å²) in [6, 6.07) is 0.272. The highest BCUT2D eigenvalue weighted by Gasteiger charge is 2.23. The van der Waals surface area contributed by atoms with Gasteiger partial charge in [0.1, 0.15) is 0 Å². The lowest BCUT2D eigenvalue weighted by Crippen LogP contribution is -2.42. The number of hydrogen-bond acceptors (Lipinski definition) is 4. The van der Waals surface area contributed by atoms with E-state index in [1.165, 1.54) is 0 Å². The summed E-state index contributed by atoms with van der Waals surface area (Å²) in [5.74, 6) is 0.528. The molecule has 4 heteroatoms. The van der Waals surface area contributed by atoms with Crippen molar-refractivity contribution >= 4 is 5.97 Å². The average Bonchev–Trinajstić information content (AvgIpc) is 2.30. The van der Waals surface area contributed by atoms with Crippen LogP contribution in [0.1, 0.15) is 39.5 Å². The summed E-state index contributed by atoms with van der Waals surface area (Å²) in [5, 5.41) is 0. The van der Waals surface area contributed by atoms with E-state index in [0.717, 1.165) is 38.8 Å². The van der Waals surface area contributed by atoms with Gasteiger partial charge < -0.3 is 10.5 Å². The molecular weight excluding hydrogens is 216 g/mol. The van der Waals surface area contributed by atoms with Crippen molar-refractivity contribution in [3.63, 3.8) is 0 Å². The third kappa shape index (κ3) is 5.50. The van der Waals surface area contributed by atoms with Crippen molar-refractivity contribution < 1.29 is 9.53 Å². The van der Waals surface area contributed by atoms with Crippen LogP contribution in [0.25, 0.3) is 0 Å². The van der Waals surface area contributed by atoms with Crippen LogP contribution in [0.3, 0.4) is 0 Å². The molecule has 0 radical (unpaired) electrons. The van der Waals surface area contributed by atoms with Gasteiger partial charge in [-0.1, -0.05) is 13.3 Å². The summed E-state index contributed by atoms with van der Waals surface area (Å²) in [6.45, 7) is 7.09. The highest BCUT2D eigenvalue weighted by atomic mass is 16.5. The molecule has 0 aromatic heterocycles. The van der Waals surface area contributed by atoms with E-state index in [4.69, 9.17) is 10.5 Å². The Morgan fingerprint density at radius 1 is 1.47 bits per heavy atom. The van der Waals surface area contributed by atoms with Gasteiger partial charge in [-0.15, -0.1) is 0 Å². The lowest BCUT2D eigenvalue weighted by atomic mass is 9.91. The maximum absolute atomic E-state index is 11.5. The third-order valence-corrected chi connectivity index (χ3v) is 3.49. The summed E-state index contributed by atoms with van der Waals surface area (Å²) in [4.78, 5) is 13.7. The number of carbonyl (C=O) groups is 1. The second kappa shape index (κ2) is 7.67. The number of ether oxygens (including phenoxy) is 1. The molecule has 0 aromatic carbocycles.